The van der Waals surface area contributed by atoms with Crippen molar-refractivity contribution in [2.45, 2.75) is 18.9 Å². The minimum Gasteiger partial charge on any atom is -0.397 e. The Morgan fingerprint density at radius 2 is 2.37 bits per heavy atom. The molecule has 0 aliphatic carbocycles. The van der Waals surface area contributed by atoms with Crippen molar-refractivity contribution in [1.82, 2.24) is 9.47 Å². The maximum atomic E-state index is 12.6. The SMILES string of the molecule is Cn1cc(N)cc1C(=O)N1CCCC1c1cccs1. The van der Waals surface area contributed by atoms with Crippen molar-refractivity contribution in [1.29, 1.82) is 0 Å². The minimum atomic E-state index is 0.0788. The van der Waals surface area contributed by atoms with Crippen LogP contribution >= 0.6 is 11.3 Å². The van der Waals surface area contributed by atoms with Gasteiger partial charge in [0.05, 0.1) is 11.7 Å². The molecule has 0 bridgehead atoms. The molecule has 2 N–H and O–H groups in total. The number of hydrogen-bond donors (Lipinski definition) is 1. The van der Waals surface area contributed by atoms with Gasteiger partial charge >= 0.3 is 0 Å². The van der Waals surface area contributed by atoms with Gasteiger partial charge in [-0.2, -0.15) is 0 Å². The van der Waals surface area contributed by atoms with Crippen LogP contribution in [0.4, 0.5) is 5.69 Å². The first kappa shape index (κ1) is 12.3. The van der Waals surface area contributed by atoms with Gasteiger partial charge in [-0.15, -0.1) is 11.3 Å². The number of carbonyl (C=O) groups is 1. The molecule has 1 aliphatic heterocycles. The zero-order valence-electron chi connectivity index (χ0n) is 10.9. The molecule has 0 saturated carbocycles. The minimum absolute atomic E-state index is 0.0788. The molecule has 0 aromatic carbocycles. The van der Waals surface area contributed by atoms with Gasteiger partial charge in [-0.1, -0.05) is 6.07 Å². The number of thiophene rings is 1. The van der Waals surface area contributed by atoms with E-state index in [1.54, 1.807) is 23.6 Å². The molecule has 19 heavy (non-hydrogen) atoms. The van der Waals surface area contributed by atoms with E-state index in [1.807, 2.05) is 22.6 Å². The van der Waals surface area contributed by atoms with Crippen molar-refractivity contribution in [2.75, 3.05) is 12.3 Å². The molecule has 1 atom stereocenters. The molecule has 1 unspecified atom stereocenters. The van der Waals surface area contributed by atoms with Crippen LogP contribution in [0.5, 0.6) is 0 Å². The van der Waals surface area contributed by atoms with Gasteiger partial charge in [-0.25, -0.2) is 0 Å². The van der Waals surface area contributed by atoms with E-state index in [-0.39, 0.29) is 11.9 Å². The summed E-state index contributed by atoms with van der Waals surface area (Å²) in [6.07, 6.45) is 3.89. The summed E-state index contributed by atoms with van der Waals surface area (Å²) in [6, 6.07) is 6.14. The highest BCUT2D eigenvalue weighted by Crippen LogP contribution is 2.35. The van der Waals surface area contributed by atoms with Crippen LogP contribution in [0.1, 0.15) is 34.2 Å². The molecule has 100 valence electrons. The number of nitrogens with zero attached hydrogens (tertiary/aromatic N) is 2. The summed E-state index contributed by atoms with van der Waals surface area (Å²) in [5.41, 5.74) is 7.06. The molecule has 3 rings (SSSR count). The Kier molecular flexibility index (Phi) is 3.06. The van der Waals surface area contributed by atoms with E-state index in [2.05, 4.69) is 11.4 Å². The summed E-state index contributed by atoms with van der Waals surface area (Å²) in [7, 11) is 1.86. The van der Waals surface area contributed by atoms with Crippen molar-refractivity contribution < 1.29 is 4.79 Å². The molecule has 0 radical (unpaired) electrons. The van der Waals surface area contributed by atoms with Crippen molar-refractivity contribution in [3.05, 3.63) is 40.3 Å². The van der Waals surface area contributed by atoms with Gasteiger partial charge in [0, 0.05) is 24.7 Å². The lowest BCUT2D eigenvalue weighted by molar-refractivity contribution is 0.0728. The third-order valence-corrected chi connectivity index (χ3v) is 4.60. The fourth-order valence-corrected chi connectivity index (χ4v) is 3.61. The molecule has 4 nitrogen and oxygen atoms in total. The quantitative estimate of drug-likeness (QED) is 0.916. The second kappa shape index (κ2) is 4.74. The highest BCUT2D eigenvalue weighted by molar-refractivity contribution is 7.10. The van der Waals surface area contributed by atoms with Crippen LogP contribution in [-0.2, 0) is 7.05 Å². The molecule has 3 heterocycles. The fourth-order valence-electron chi connectivity index (χ4n) is 2.74. The number of rotatable bonds is 2. The van der Waals surface area contributed by atoms with Gasteiger partial charge in [-0.3, -0.25) is 4.79 Å². The molecule has 1 aliphatic rings. The number of nitrogen functional groups attached to an aromatic ring is 1. The number of aromatic nitrogens is 1. The van der Waals surface area contributed by atoms with Gasteiger partial charge in [0.15, 0.2) is 0 Å². The molecule has 1 amide bonds. The lowest BCUT2D eigenvalue weighted by atomic mass is 10.2. The van der Waals surface area contributed by atoms with Crippen LogP contribution in [0, 0.1) is 0 Å². The Morgan fingerprint density at radius 3 is 3.00 bits per heavy atom. The zero-order valence-corrected chi connectivity index (χ0v) is 11.7. The average Bonchev–Trinajstić information content (AvgIpc) is 3.06. The highest BCUT2D eigenvalue weighted by atomic mass is 32.1. The Balaban J connectivity index is 1.89. The van der Waals surface area contributed by atoms with Gasteiger partial charge in [-0.05, 0) is 30.4 Å². The molecule has 1 fully saturated rings. The van der Waals surface area contributed by atoms with E-state index >= 15 is 0 Å². The van der Waals surface area contributed by atoms with Crippen molar-refractivity contribution in [3.63, 3.8) is 0 Å². The van der Waals surface area contributed by atoms with Crippen molar-refractivity contribution >= 4 is 22.9 Å². The second-order valence-corrected chi connectivity index (χ2v) is 5.92. The maximum Gasteiger partial charge on any atom is 0.271 e. The molecule has 2 aromatic rings. The first-order valence-electron chi connectivity index (χ1n) is 6.43. The molecule has 0 spiro atoms. The Morgan fingerprint density at radius 1 is 1.53 bits per heavy atom. The maximum absolute atomic E-state index is 12.6. The number of aryl methyl sites for hydroxylation is 1. The molecule has 5 heteroatoms. The largest absolute Gasteiger partial charge is 0.397 e. The van der Waals surface area contributed by atoms with Crippen LogP contribution in [-0.4, -0.2) is 21.9 Å². The Hall–Kier alpha value is -1.75. The standard InChI is InChI=1S/C14H17N3OS/c1-16-9-10(15)8-12(16)14(18)17-6-2-4-11(17)13-5-3-7-19-13/h3,5,7-9,11H,2,4,6,15H2,1H3. The number of likely N-dealkylation sites (tertiary alicyclic amines) is 1. The summed E-state index contributed by atoms with van der Waals surface area (Å²) in [4.78, 5) is 15.9. The smallest absolute Gasteiger partial charge is 0.271 e. The molecule has 2 aromatic heterocycles. The number of amides is 1. The predicted octanol–water partition coefficient (Wildman–Crippen LogP) is 2.65. The first-order valence-corrected chi connectivity index (χ1v) is 7.31. The third kappa shape index (κ3) is 2.14. The van der Waals surface area contributed by atoms with Gasteiger partial charge in [0.2, 0.25) is 0 Å². The average molecular weight is 275 g/mol. The highest BCUT2D eigenvalue weighted by Gasteiger charge is 2.32. The lowest BCUT2D eigenvalue weighted by Gasteiger charge is -2.24. The predicted molar refractivity (Wildman–Crippen MR) is 77.2 cm³/mol. The van der Waals surface area contributed by atoms with Crippen molar-refractivity contribution in [2.24, 2.45) is 7.05 Å². The third-order valence-electron chi connectivity index (χ3n) is 3.63. The molecule has 1 saturated heterocycles. The van der Waals surface area contributed by atoms with Crippen LogP contribution < -0.4 is 5.73 Å². The second-order valence-electron chi connectivity index (χ2n) is 4.94. The monoisotopic (exact) mass is 275 g/mol. The van der Waals surface area contributed by atoms with Gasteiger partial charge in [0.25, 0.3) is 5.91 Å². The zero-order chi connectivity index (χ0) is 13.4. The fraction of sp³-hybridized carbons (Fsp3) is 0.357. The summed E-state index contributed by atoms with van der Waals surface area (Å²) in [5.74, 6) is 0.0788. The summed E-state index contributed by atoms with van der Waals surface area (Å²) in [5, 5.41) is 2.07. The number of hydrogen-bond acceptors (Lipinski definition) is 3. The van der Waals surface area contributed by atoms with E-state index in [0.717, 1.165) is 19.4 Å². The molecular weight excluding hydrogens is 258 g/mol. The van der Waals surface area contributed by atoms with Crippen molar-refractivity contribution in [3.8, 4) is 0 Å². The van der Waals surface area contributed by atoms with Gasteiger partial charge in [0.1, 0.15) is 5.69 Å². The van der Waals surface area contributed by atoms with E-state index in [1.165, 1.54) is 4.88 Å². The van der Waals surface area contributed by atoms with E-state index in [9.17, 15) is 4.79 Å². The summed E-state index contributed by atoms with van der Waals surface area (Å²) >= 11 is 1.72. The van der Waals surface area contributed by atoms with E-state index in [4.69, 9.17) is 5.73 Å². The first-order chi connectivity index (χ1) is 9.16. The number of carbonyl (C=O) groups excluding carboxylic acids is 1. The van der Waals surface area contributed by atoms with Crippen LogP contribution in [0.2, 0.25) is 0 Å². The van der Waals surface area contributed by atoms with Crippen LogP contribution in [0.25, 0.3) is 0 Å². The van der Waals surface area contributed by atoms with Crippen LogP contribution in [0.15, 0.2) is 29.8 Å². The number of anilines is 1. The topological polar surface area (TPSA) is 51.3 Å². The lowest BCUT2D eigenvalue weighted by Crippen LogP contribution is -2.31. The summed E-state index contributed by atoms with van der Waals surface area (Å²) in [6.45, 7) is 0.826. The molecular formula is C14H17N3OS. The normalized spacial score (nSPS) is 19.0. The van der Waals surface area contributed by atoms with Crippen LogP contribution in [0.3, 0.4) is 0 Å². The number of nitrogens with two attached hydrogens (primary N) is 1. The Labute approximate surface area is 116 Å². The van der Waals surface area contributed by atoms with E-state index < -0.39 is 0 Å². The van der Waals surface area contributed by atoms with E-state index in [0.29, 0.717) is 11.4 Å². The summed E-state index contributed by atoms with van der Waals surface area (Å²) < 4.78 is 1.81. The van der Waals surface area contributed by atoms with Gasteiger partial charge < -0.3 is 15.2 Å². The Bertz CT molecular complexity index is 588.